The number of carbonyl (C=O) groups is 1. The van der Waals surface area contributed by atoms with Gasteiger partial charge in [0.15, 0.2) is 5.78 Å². The van der Waals surface area contributed by atoms with Crippen molar-refractivity contribution >= 4 is 5.78 Å². The van der Waals surface area contributed by atoms with Gasteiger partial charge in [0.05, 0.1) is 0 Å². The summed E-state index contributed by atoms with van der Waals surface area (Å²) in [6, 6.07) is 4.89. The highest BCUT2D eigenvalue weighted by atomic mass is 16.3. The van der Waals surface area contributed by atoms with Crippen molar-refractivity contribution < 1.29 is 9.90 Å². The van der Waals surface area contributed by atoms with Gasteiger partial charge in [-0.05, 0) is 36.1 Å². The first-order valence-corrected chi connectivity index (χ1v) is 4.67. The van der Waals surface area contributed by atoms with Crippen LogP contribution in [0.4, 0.5) is 0 Å². The van der Waals surface area contributed by atoms with Crippen LogP contribution in [-0.4, -0.2) is 10.9 Å². The van der Waals surface area contributed by atoms with Crippen molar-refractivity contribution in [1.82, 2.24) is 0 Å². The average molecular weight is 192 g/mol. The van der Waals surface area contributed by atoms with E-state index in [2.05, 4.69) is 0 Å². The number of hydrogen-bond acceptors (Lipinski definition) is 2. The average Bonchev–Trinajstić information content (AvgIpc) is 2.01. The second-order valence-electron chi connectivity index (χ2n) is 4.54. The van der Waals surface area contributed by atoms with Crippen LogP contribution in [0.25, 0.3) is 0 Å². The van der Waals surface area contributed by atoms with Crippen molar-refractivity contribution in [2.45, 2.75) is 33.1 Å². The van der Waals surface area contributed by atoms with Crippen molar-refractivity contribution in [2.75, 3.05) is 0 Å². The van der Waals surface area contributed by atoms with Crippen LogP contribution in [0.2, 0.25) is 0 Å². The van der Waals surface area contributed by atoms with Crippen LogP contribution in [-0.2, 0) is 5.41 Å². The quantitative estimate of drug-likeness (QED) is 0.695. The summed E-state index contributed by atoms with van der Waals surface area (Å²) < 4.78 is 0. The summed E-state index contributed by atoms with van der Waals surface area (Å²) in [5.41, 5.74) is 1.46. The number of Topliss-reactive ketones (excluding diaryl/α,β-unsaturated/α-hetero) is 1. The molecule has 0 spiro atoms. The van der Waals surface area contributed by atoms with Crippen molar-refractivity contribution in [3.63, 3.8) is 0 Å². The Bertz CT molecular complexity index is 359. The predicted octanol–water partition coefficient (Wildman–Crippen LogP) is 2.89. The first kappa shape index (κ1) is 10.8. The largest absolute Gasteiger partial charge is 0.508 e. The zero-order valence-corrected chi connectivity index (χ0v) is 9.09. The summed E-state index contributed by atoms with van der Waals surface area (Å²) in [6.07, 6.45) is 0. The third kappa shape index (κ3) is 2.13. The molecule has 0 fully saturated rings. The van der Waals surface area contributed by atoms with Crippen LogP contribution < -0.4 is 0 Å². The van der Waals surface area contributed by atoms with E-state index in [-0.39, 0.29) is 16.9 Å². The van der Waals surface area contributed by atoms with E-state index in [9.17, 15) is 9.90 Å². The lowest BCUT2D eigenvalue weighted by molar-refractivity contribution is 0.101. The number of rotatable bonds is 1. The van der Waals surface area contributed by atoms with Gasteiger partial charge in [-0.3, -0.25) is 4.79 Å². The molecule has 76 valence electrons. The van der Waals surface area contributed by atoms with Gasteiger partial charge < -0.3 is 5.11 Å². The Labute approximate surface area is 84.6 Å². The number of hydrogen-bond donors (Lipinski definition) is 1. The predicted molar refractivity (Wildman–Crippen MR) is 56.8 cm³/mol. The molecule has 2 nitrogen and oxygen atoms in total. The second-order valence-corrected chi connectivity index (χ2v) is 4.54. The van der Waals surface area contributed by atoms with Gasteiger partial charge in [-0.2, -0.15) is 0 Å². The summed E-state index contributed by atoms with van der Waals surface area (Å²) in [5.74, 6) is 0.245. The molecule has 0 unspecified atom stereocenters. The van der Waals surface area contributed by atoms with Gasteiger partial charge in [0.2, 0.25) is 0 Å². The van der Waals surface area contributed by atoms with Crippen molar-refractivity contribution in [3.8, 4) is 5.75 Å². The summed E-state index contributed by atoms with van der Waals surface area (Å²) in [6.45, 7) is 7.61. The molecule has 2 heteroatoms. The van der Waals surface area contributed by atoms with E-state index in [0.717, 1.165) is 5.56 Å². The van der Waals surface area contributed by atoms with Crippen LogP contribution in [0, 0.1) is 0 Å². The number of phenolic OH excluding ortho intramolecular Hbond substituents is 1. The van der Waals surface area contributed by atoms with Gasteiger partial charge in [0.25, 0.3) is 0 Å². The van der Waals surface area contributed by atoms with E-state index in [1.807, 2.05) is 20.8 Å². The van der Waals surface area contributed by atoms with Crippen molar-refractivity contribution in [3.05, 3.63) is 29.3 Å². The minimum absolute atomic E-state index is 0.0370. The molecule has 14 heavy (non-hydrogen) atoms. The molecule has 1 rings (SSSR count). The molecular formula is C12H16O2. The van der Waals surface area contributed by atoms with Crippen LogP contribution in [0.5, 0.6) is 5.75 Å². The maximum absolute atomic E-state index is 11.3. The fourth-order valence-corrected chi connectivity index (χ4v) is 1.46. The van der Waals surface area contributed by atoms with Gasteiger partial charge in [-0.15, -0.1) is 0 Å². The molecule has 1 aromatic carbocycles. The van der Waals surface area contributed by atoms with E-state index in [4.69, 9.17) is 0 Å². The van der Waals surface area contributed by atoms with Gasteiger partial charge >= 0.3 is 0 Å². The fourth-order valence-electron chi connectivity index (χ4n) is 1.46. The van der Waals surface area contributed by atoms with E-state index >= 15 is 0 Å². The van der Waals surface area contributed by atoms with Crippen LogP contribution in [0.15, 0.2) is 18.2 Å². The summed E-state index contributed by atoms with van der Waals surface area (Å²) in [5, 5.41) is 9.37. The zero-order chi connectivity index (χ0) is 10.9. The first-order chi connectivity index (χ1) is 6.32. The molecule has 0 bridgehead atoms. The summed E-state index contributed by atoms with van der Waals surface area (Å²) >= 11 is 0. The Balaban J connectivity index is 3.38. The molecule has 0 amide bonds. The van der Waals surface area contributed by atoms with Crippen LogP contribution >= 0.6 is 0 Å². The van der Waals surface area contributed by atoms with E-state index in [1.54, 1.807) is 25.1 Å². The Hall–Kier alpha value is -1.31. The molecule has 0 atom stereocenters. The number of ketones is 1. The number of carbonyl (C=O) groups excluding carboxylic acids is 1. The van der Waals surface area contributed by atoms with E-state index < -0.39 is 0 Å². The molecule has 0 radical (unpaired) electrons. The third-order valence-corrected chi connectivity index (χ3v) is 2.19. The van der Waals surface area contributed by atoms with E-state index in [0.29, 0.717) is 5.56 Å². The highest BCUT2D eigenvalue weighted by molar-refractivity contribution is 5.96. The Morgan fingerprint density at radius 1 is 1.29 bits per heavy atom. The molecule has 0 aliphatic heterocycles. The smallest absolute Gasteiger partial charge is 0.160 e. The zero-order valence-electron chi connectivity index (χ0n) is 9.09. The summed E-state index contributed by atoms with van der Waals surface area (Å²) in [4.78, 5) is 11.3. The normalized spacial score (nSPS) is 11.4. The highest BCUT2D eigenvalue weighted by Crippen LogP contribution is 2.29. The molecule has 0 aromatic heterocycles. The monoisotopic (exact) mass is 192 g/mol. The number of aromatic hydroxyl groups is 1. The first-order valence-electron chi connectivity index (χ1n) is 4.67. The molecule has 0 aliphatic carbocycles. The molecular weight excluding hydrogens is 176 g/mol. The molecule has 0 heterocycles. The highest BCUT2D eigenvalue weighted by Gasteiger charge is 2.20. The van der Waals surface area contributed by atoms with E-state index in [1.165, 1.54) is 0 Å². The molecule has 0 aliphatic rings. The Morgan fingerprint density at radius 2 is 1.86 bits per heavy atom. The van der Waals surface area contributed by atoms with Gasteiger partial charge in [-0.1, -0.05) is 20.8 Å². The Morgan fingerprint density at radius 3 is 2.29 bits per heavy atom. The van der Waals surface area contributed by atoms with Crippen LogP contribution in [0.1, 0.15) is 43.6 Å². The molecule has 1 aromatic rings. The fraction of sp³-hybridized carbons (Fsp3) is 0.417. The topological polar surface area (TPSA) is 37.3 Å². The molecule has 1 N–H and O–H groups in total. The minimum Gasteiger partial charge on any atom is -0.508 e. The van der Waals surface area contributed by atoms with Gasteiger partial charge in [0, 0.05) is 5.56 Å². The lowest BCUT2D eigenvalue weighted by Crippen LogP contribution is -2.15. The molecule has 0 saturated carbocycles. The van der Waals surface area contributed by atoms with Crippen LogP contribution in [0.3, 0.4) is 0 Å². The second kappa shape index (κ2) is 3.45. The van der Waals surface area contributed by atoms with Gasteiger partial charge in [-0.25, -0.2) is 0 Å². The lowest BCUT2D eigenvalue weighted by atomic mass is 9.82. The molecule has 0 saturated heterocycles. The maximum Gasteiger partial charge on any atom is 0.160 e. The number of phenols is 1. The third-order valence-electron chi connectivity index (χ3n) is 2.19. The Kier molecular flexibility index (Phi) is 2.65. The summed E-state index contributed by atoms with van der Waals surface area (Å²) in [7, 11) is 0. The minimum atomic E-state index is -0.125. The van der Waals surface area contributed by atoms with Crippen molar-refractivity contribution in [1.29, 1.82) is 0 Å². The van der Waals surface area contributed by atoms with Gasteiger partial charge in [0.1, 0.15) is 5.75 Å². The maximum atomic E-state index is 11.3. The number of benzene rings is 1. The standard InChI is InChI=1S/C12H16O2/c1-8(13)10-6-5-9(14)7-11(10)12(2,3)4/h5-7,14H,1-4H3. The SMILES string of the molecule is CC(=O)c1ccc(O)cc1C(C)(C)C. The van der Waals surface area contributed by atoms with Crippen molar-refractivity contribution in [2.24, 2.45) is 0 Å². The lowest BCUT2D eigenvalue weighted by Gasteiger charge is -2.22.